The Labute approximate surface area is 137 Å². The molecule has 1 heterocycles. The van der Waals surface area contributed by atoms with E-state index in [1.165, 1.54) is 6.07 Å². The molecule has 3 N–H and O–H groups in total. The fourth-order valence-electron chi connectivity index (χ4n) is 2.77. The fraction of sp³-hybridized carbons (Fsp3) is 0.562. The molecule has 124 valence electrons. The molecule has 1 aromatic rings. The minimum absolute atomic E-state index is 0. The number of halogens is 2. The van der Waals surface area contributed by atoms with Crippen molar-refractivity contribution in [2.75, 3.05) is 18.0 Å². The number of hydrogen-bond donors (Lipinski definition) is 2. The fourth-order valence-corrected chi connectivity index (χ4v) is 2.77. The highest BCUT2D eigenvalue weighted by molar-refractivity contribution is 5.85. The second-order valence-corrected chi connectivity index (χ2v) is 5.64. The van der Waals surface area contributed by atoms with Gasteiger partial charge in [-0.25, -0.2) is 4.39 Å². The van der Waals surface area contributed by atoms with Crippen LogP contribution in [0.25, 0.3) is 0 Å². The number of piperidine rings is 1. The number of amides is 1. The van der Waals surface area contributed by atoms with E-state index < -0.39 is 6.04 Å². The van der Waals surface area contributed by atoms with Gasteiger partial charge in [0.05, 0.1) is 11.7 Å². The molecule has 1 fully saturated rings. The summed E-state index contributed by atoms with van der Waals surface area (Å²) in [5.41, 5.74) is 6.43. The lowest BCUT2D eigenvalue weighted by atomic mass is 10.0. The Morgan fingerprint density at radius 3 is 2.91 bits per heavy atom. The number of nitrogens with two attached hydrogens (primary N) is 1. The second-order valence-electron chi connectivity index (χ2n) is 5.64. The predicted molar refractivity (Wildman–Crippen MR) is 89.9 cm³/mol. The van der Waals surface area contributed by atoms with Gasteiger partial charge in [0.25, 0.3) is 0 Å². The van der Waals surface area contributed by atoms with Gasteiger partial charge in [0.15, 0.2) is 0 Å². The maximum atomic E-state index is 13.8. The van der Waals surface area contributed by atoms with Crippen LogP contribution < -0.4 is 16.0 Å². The van der Waals surface area contributed by atoms with Gasteiger partial charge >= 0.3 is 0 Å². The zero-order valence-electron chi connectivity index (χ0n) is 12.9. The van der Waals surface area contributed by atoms with E-state index in [0.29, 0.717) is 18.7 Å². The minimum atomic E-state index is -0.446. The number of hydrogen-bond acceptors (Lipinski definition) is 3. The molecule has 0 aromatic heterocycles. The first-order valence-electron chi connectivity index (χ1n) is 7.67. The van der Waals surface area contributed by atoms with E-state index in [1.807, 2.05) is 17.9 Å². The molecule has 0 spiro atoms. The Morgan fingerprint density at radius 1 is 1.50 bits per heavy atom. The largest absolute Gasteiger partial charge is 0.367 e. The number of carbonyl (C=O) groups is 1. The van der Waals surface area contributed by atoms with Crippen molar-refractivity contribution >= 4 is 24.0 Å². The number of benzene rings is 1. The number of rotatable bonds is 5. The first-order chi connectivity index (χ1) is 10.1. The van der Waals surface area contributed by atoms with Crippen molar-refractivity contribution in [3.8, 4) is 0 Å². The Bertz CT molecular complexity index is 486. The van der Waals surface area contributed by atoms with Crippen molar-refractivity contribution in [1.29, 1.82) is 0 Å². The molecule has 0 aliphatic carbocycles. The highest BCUT2D eigenvalue weighted by atomic mass is 35.5. The SMILES string of the molecule is CCCC(N)C(=O)NC1CCCN(c2ccccc2F)C1.Cl. The zero-order valence-corrected chi connectivity index (χ0v) is 13.7. The van der Waals surface area contributed by atoms with Crippen LogP contribution in [0.2, 0.25) is 0 Å². The van der Waals surface area contributed by atoms with E-state index >= 15 is 0 Å². The summed E-state index contributed by atoms with van der Waals surface area (Å²) in [6.07, 6.45) is 3.42. The first-order valence-corrected chi connectivity index (χ1v) is 7.67. The van der Waals surface area contributed by atoms with Gasteiger partial charge in [-0.3, -0.25) is 4.79 Å². The molecule has 22 heavy (non-hydrogen) atoms. The molecule has 0 bridgehead atoms. The number of para-hydroxylation sites is 1. The predicted octanol–water partition coefficient (Wildman–Crippen LogP) is 2.46. The summed E-state index contributed by atoms with van der Waals surface area (Å²) in [7, 11) is 0. The van der Waals surface area contributed by atoms with Gasteiger partial charge < -0.3 is 16.0 Å². The first kappa shape index (κ1) is 18.7. The van der Waals surface area contributed by atoms with Crippen LogP contribution in [0.3, 0.4) is 0 Å². The maximum Gasteiger partial charge on any atom is 0.237 e. The quantitative estimate of drug-likeness (QED) is 0.872. The maximum absolute atomic E-state index is 13.8. The Morgan fingerprint density at radius 2 is 2.23 bits per heavy atom. The van der Waals surface area contributed by atoms with Gasteiger partial charge in [-0.05, 0) is 31.4 Å². The van der Waals surface area contributed by atoms with Crippen LogP contribution in [-0.2, 0) is 4.79 Å². The van der Waals surface area contributed by atoms with Crippen molar-refractivity contribution in [3.05, 3.63) is 30.1 Å². The lowest BCUT2D eigenvalue weighted by Crippen LogP contribution is -2.52. The number of anilines is 1. The summed E-state index contributed by atoms with van der Waals surface area (Å²) >= 11 is 0. The molecule has 2 rings (SSSR count). The normalized spacial score (nSPS) is 19.2. The van der Waals surface area contributed by atoms with E-state index in [9.17, 15) is 9.18 Å². The Kier molecular flexibility index (Phi) is 7.62. The molecule has 2 unspecified atom stereocenters. The molecule has 0 radical (unpaired) electrons. The van der Waals surface area contributed by atoms with Crippen LogP contribution in [0.15, 0.2) is 24.3 Å². The topological polar surface area (TPSA) is 58.4 Å². The van der Waals surface area contributed by atoms with Gasteiger partial charge in [0.1, 0.15) is 5.82 Å². The van der Waals surface area contributed by atoms with E-state index in [2.05, 4.69) is 5.32 Å². The van der Waals surface area contributed by atoms with Crippen LogP contribution in [0, 0.1) is 5.82 Å². The van der Waals surface area contributed by atoms with Crippen molar-refractivity contribution in [2.24, 2.45) is 5.73 Å². The third-order valence-corrected chi connectivity index (χ3v) is 3.90. The lowest BCUT2D eigenvalue weighted by molar-refractivity contribution is -0.123. The van der Waals surface area contributed by atoms with Crippen molar-refractivity contribution in [3.63, 3.8) is 0 Å². The second kappa shape index (κ2) is 8.96. The van der Waals surface area contributed by atoms with Gasteiger partial charge in [0.2, 0.25) is 5.91 Å². The van der Waals surface area contributed by atoms with Crippen LogP contribution in [-0.4, -0.2) is 31.1 Å². The highest BCUT2D eigenvalue weighted by Crippen LogP contribution is 2.22. The molecule has 4 nitrogen and oxygen atoms in total. The number of carbonyl (C=O) groups excluding carboxylic acids is 1. The average Bonchev–Trinajstić information content (AvgIpc) is 2.48. The van der Waals surface area contributed by atoms with Crippen LogP contribution >= 0.6 is 12.4 Å². The molecule has 1 aromatic carbocycles. The highest BCUT2D eigenvalue weighted by Gasteiger charge is 2.24. The van der Waals surface area contributed by atoms with Gasteiger partial charge in [-0.15, -0.1) is 12.4 Å². The van der Waals surface area contributed by atoms with Crippen LogP contribution in [0.4, 0.5) is 10.1 Å². The lowest BCUT2D eigenvalue weighted by Gasteiger charge is -2.35. The summed E-state index contributed by atoms with van der Waals surface area (Å²) in [5.74, 6) is -0.315. The van der Waals surface area contributed by atoms with Crippen LogP contribution in [0.5, 0.6) is 0 Å². The minimum Gasteiger partial charge on any atom is -0.367 e. The summed E-state index contributed by atoms with van der Waals surface area (Å²) in [4.78, 5) is 14.0. The summed E-state index contributed by atoms with van der Waals surface area (Å²) in [6, 6.07) is 6.35. The van der Waals surface area contributed by atoms with Gasteiger partial charge in [-0.2, -0.15) is 0 Å². The summed E-state index contributed by atoms with van der Waals surface area (Å²) < 4.78 is 13.8. The van der Waals surface area contributed by atoms with Crippen LogP contribution in [0.1, 0.15) is 32.6 Å². The Hall–Kier alpha value is -1.33. The van der Waals surface area contributed by atoms with Gasteiger partial charge in [-0.1, -0.05) is 25.5 Å². The molecule has 1 aliphatic rings. The monoisotopic (exact) mass is 329 g/mol. The van der Waals surface area contributed by atoms with Crippen molar-refractivity contribution in [2.45, 2.75) is 44.7 Å². The van der Waals surface area contributed by atoms with Gasteiger partial charge in [0, 0.05) is 19.1 Å². The van der Waals surface area contributed by atoms with E-state index in [4.69, 9.17) is 5.73 Å². The molecule has 0 saturated carbocycles. The number of nitrogens with zero attached hydrogens (tertiary/aromatic N) is 1. The molecular weight excluding hydrogens is 305 g/mol. The molecule has 1 saturated heterocycles. The molecule has 1 amide bonds. The van der Waals surface area contributed by atoms with Crippen molar-refractivity contribution in [1.82, 2.24) is 5.32 Å². The smallest absolute Gasteiger partial charge is 0.237 e. The molecule has 1 aliphatic heterocycles. The Balaban J connectivity index is 0.00000242. The standard InChI is InChI=1S/C16H24FN3O.ClH/c1-2-6-14(18)16(21)19-12-7-5-10-20(11-12)15-9-4-3-8-13(15)17;/h3-4,8-9,12,14H,2,5-7,10-11,18H2,1H3,(H,19,21);1H. The summed E-state index contributed by atoms with van der Waals surface area (Å²) in [6.45, 7) is 3.45. The third kappa shape index (κ3) is 4.85. The van der Waals surface area contributed by atoms with Crippen molar-refractivity contribution < 1.29 is 9.18 Å². The number of nitrogens with one attached hydrogen (secondary N) is 1. The summed E-state index contributed by atoms with van der Waals surface area (Å²) in [5, 5.41) is 2.99. The zero-order chi connectivity index (χ0) is 15.2. The molecule has 2 atom stereocenters. The molecular formula is C16H25ClFN3O. The average molecular weight is 330 g/mol. The molecule has 6 heteroatoms. The third-order valence-electron chi connectivity index (χ3n) is 3.90. The van der Waals surface area contributed by atoms with E-state index in [0.717, 1.165) is 25.8 Å². The van der Waals surface area contributed by atoms with E-state index in [-0.39, 0.29) is 30.2 Å². The van der Waals surface area contributed by atoms with E-state index in [1.54, 1.807) is 12.1 Å².